The molecule has 0 unspecified atom stereocenters. The van der Waals surface area contributed by atoms with E-state index in [-0.39, 0.29) is 18.9 Å². The van der Waals surface area contributed by atoms with Gasteiger partial charge in [-0.05, 0) is 47.5 Å². The van der Waals surface area contributed by atoms with Gasteiger partial charge < -0.3 is 19.4 Å². The second-order valence-corrected chi connectivity index (χ2v) is 8.33. The SMILES string of the molecule is N#C/C(=C/c1cn(Cc2ccc(Cl)cc2)c2ccccc12)C(=O)NCc1ccc2c(c1)OCO2. The van der Waals surface area contributed by atoms with E-state index in [9.17, 15) is 10.1 Å². The summed E-state index contributed by atoms with van der Waals surface area (Å²) in [5.41, 5.74) is 3.81. The smallest absolute Gasteiger partial charge is 0.262 e. The van der Waals surface area contributed by atoms with Crippen molar-refractivity contribution in [2.24, 2.45) is 0 Å². The first kappa shape index (κ1) is 21.6. The summed E-state index contributed by atoms with van der Waals surface area (Å²) in [5, 5.41) is 14.2. The van der Waals surface area contributed by atoms with Crippen LogP contribution in [-0.2, 0) is 17.9 Å². The summed E-state index contributed by atoms with van der Waals surface area (Å²) >= 11 is 6.01. The molecule has 4 aromatic rings. The van der Waals surface area contributed by atoms with Crippen molar-refractivity contribution in [1.82, 2.24) is 9.88 Å². The van der Waals surface area contributed by atoms with Gasteiger partial charge in [0.25, 0.3) is 5.91 Å². The van der Waals surface area contributed by atoms with E-state index in [1.165, 1.54) is 0 Å². The average Bonchev–Trinajstić information content (AvgIpc) is 3.47. The average molecular weight is 470 g/mol. The Morgan fingerprint density at radius 2 is 1.82 bits per heavy atom. The minimum absolute atomic E-state index is 0.0372. The van der Waals surface area contributed by atoms with Crippen molar-refractivity contribution >= 4 is 34.5 Å². The van der Waals surface area contributed by atoms with Gasteiger partial charge in [0.1, 0.15) is 11.6 Å². The Morgan fingerprint density at radius 3 is 2.65 bits per heavy atom. The van der Waals surface area contributed by atoms with Gasteiger partial charge in [0.2, 0.25) is 6.79 Å². The highest BCUT2D eigenvalue weighted by molar-refractivity contribution is 6.30. The second-order valence-electron chi connectivity index (χ2n) is 7.90. The number of nitrogens with one attached hydrogen (secondary N) is 1. The van der Waals surface area contributed by atoms with Crippen molar-refractivity contribution < 1.29 is 14.3 Å². The predicted octanol–water partition coefficient (Wildman–Crippen LogP) is 5.30. The lowest BCUT2D eigenvalue weighted by Gasteiger charge is -2.06. The molecule has 1 aliphatic rings. The third-order valence-electron chi connectivity index (χ3n) is 5.64. The van der Waals surface area contributed by atoms with Crippen LogP contribution in [0.1, 0.15) is 16.7 Å². The molecule has 0 spiro atoms. The minimum atomic E-state index is -0.435. The number of benzene rings is 3. The normalized spacial score (nSPS) is 12.5. The number of para-hydroxylation sites is 1. The Hall–Kier alpha value is -4.21. The molecule has 1 aliphatic heterocycles. The first-order valence-corrected chi connectivity index (χ1v) is 11.1. The molecule has 5 rings (SSSR count). The highest BCUT2D eigenvalue weighted by Gasteiger charge is 2.15. The highest BCUT2D eigenvalue weighted by atomic mass is 35.5. The summed E-state index contributed by atoms with van der Waals surface area (Å²) in [7, 11) is 0. The standard InChI is InChI=1S/C27H20ClN3O3/c28-22-8-5-18(6-9-22)15-31-16-21(23-3-1-2-4-24(23)31)12-20(13-29)27(32)30-14-19-7-10-25-26(11-19)34-17-33-25/h1-12,16H,14-15,17H2,(H,30,32)/b20-12-. The summed E-state index contributed by atoms with van der Waals surface area (Å²) < 4.78 is 12.8. The van der Waals surface area contributed by atoms with Crippen LogP contribution in [0.25, 0.3) is 17.0 Å². The van der Waals surface area contributed by atoms with Gasteiger partial charge in [-0.15, -0.1) is 0 Å². The maximum atomic E-state index is 12.8. The van der Waals surface area contributed by atoms with Crippen molar-refractivity contribution in [1.29, 1.82) is 5.26 Å². The summed E-state index contributed by atoms with van der Waals surface area (Å²) in [6.07, 6.45) is 3.59. The number of ether oxygens (including phenoxy) is 2. The number of carbonyl (C=O) groups excluding carboxylic acids is 1. The molecular weight excluding hydrogens is 450 g/mol. The number of aromatic nitrogens is 1. The molecule has 1 aromatic heterocycles. The van der Waals surface area contributed by atoms with Gasteiger partial charge in [0, 0.05) is 40.8 Å². The molecule has 0 radical (unpaired) electrons. The lowest BCUT2D eigenvalue weighted by molar-refractivity contribution is -0.117. The largest absolute Gasteiger partial charge is 0.454 e. The number of halogens is 1. The Morgan fingerprint density at radius 1 is 1.06 bits per heavy atom. The number of carbonyl (C=O) groups is 1. The Labute approximate surface area is 201 Å². The van der Waals surface area contributed by atoms with Crippen LogP contribution in [0.5, 0.6) is 11.5 Å². The van der Waals surface area contributed by atoms with Crippen LogP contribution in [-0.4, -0.2) is 17.3 Å². The number of hydrogen-bond acceptors (Lipinski definition) is 4. The lowest BCUT2D eigenvalue weighted by atomic mass is 10.1. The van der Waals surface area contributed by atoms with Gasteiger partial charge in [0.15, 0.2) is 11.5 Å². The molecule has 1 amide bonds. The summed E-state index contributed by atoms with van der Waals surface area (Å²) in [6.45, 7) is 1.11. The number of nitrogens with zero attached hydrogens (tertiary/aromatic N) is 2. The van der Waals surface area contributed by atoms with Crippen LogP contribution < -0.4 is 14.8 Å². The fourth-order valence-electron chi connectivity index (χ4n) is 3.94. The van der Waals surface area contributed by atoms with E-state index < -0.39 is 5.91 Å². The zero-order chi connectivity index (χ0) is 23.5. The van der Waals surface area contributed by atoms with Gasteiger partial charge in [0.05, 0.1) is 0 Å². The zero-order valence-corrected chi connectivity index (χ0v) is 18.9. The van der Waals surface area contributed by atoms with Gasteiger partial charge in [-0.1, -0.05) is 48.0 Å². The summed E-state index contributed by atoms with van der Waals surface area (Å²) in [4.78, 5) is 12.8. The van der Waals surface area contributed by atoms with Crippen LogP contribution in [0, 0.1) is 11.3 Å². The van der Waals surface area contributed by atoms with Crippen molar-refractivity contribution in [3.8, 4) is 17.6 Å². The van der Waals surface area contributed by atoms with Crippen LogP contribution in [0.4, 0.5) is 0 Å². The molecule has 3 aromatic carbocycles. The molecule has 0 aliphatic carbocycles. The number of nitriles is 1. The van der Waals surface area contributed by atoms with E-state index >= 15 is 0 Å². The molecule has 168 valence electrons. The maximum absolute atomic E-state index is 12.8. The quantitative estimate of drug-likeness (QED) is 0.307. The summed E-state index contributed by atoms with van der Waals surface area (Å²) in [6, 6.07) is 23.1. The molecule has 7 heteroatoms. The topological polar surface area (TPSA) is 76.3 Å². The molecule has 0 atom stereocenters. The van der Waals surface area contributed by atoms with Crippen molar-refractivity contribution in [2.75, 3.05) is 6.79 Å². The van der Waals surface area contributed by atoms with Crippen molar-refractivity contribution in [2.45, 2.75) is 13.1 Å². The molecular formula is C27H20ClN3O3. The molecule has 1 N–H and O–H groups in total. The first-order chi connectivity index (χ1) is 16.6. The molecule has 0 saturated carbocycles. The van der Waals surface area contributed by atoms with Crippen molar-refractivity contribution in [3.63, 3.8) is 0 Å². The predicted molar refractivity (Wildman–Crippen MR) is 130 cm³/mol. The number of fused-ring (bicyclic) bond motifs is 2. The third-order valence-corrected chi connectivity index (χ3v) is 5.89. The molecule has 6 nitrogen and oxygen atoms in total. The molecule has 0 fully saturated rings. The third kappa shape index (κ3) is 4.47. The van der Waals surface area contributed by atoms with E-state index in [1.54, 1.807) is 12.1 Å². The Balaban J connectivity index is 1.38. The fraction of sp³-hybridized carbons (Fsp3) is 0.111. The van der Waals surface area contributed by atoms with Crippen LogP contribution in [0.15, 0.2) is 78.5 Å². The number of amides is 1. The second kappa shape index (κ2) is 9.34. The summed E-state index contributed by atoms with van der Waals surface area (Å²) in [5.74, 6) is 0.897. The van der Waals surface area contributed by atoms with Gasteiger partial charge >= 0.3 is 0 Å². The number of rotatable bonds is 6. The van der Waals surface area contributed by atoms with Gasteiger partial charge in [-0.2, -0.15) is 5.26 Å². The molecule has 0 bridgehead atoms. The van der Waals surface area contributed by atoms with Gasteiger partial charge in [-0.25, -0.2) is 0 Å². The van der Waals surface area contributed by atoms with Crippen LogP contribution in [0.3, 0.4) is 0 Å². The molecule has 0 saturated heterocycles. The van der Waals surface area contributed by atoms with E-state index in [1.807, 2.05) is 72.9 Å². The Bertz CT molecular complexity index is 1450. The van der Waals surface area contributed by atoms with E-state index in [2.05, 4.69) is 9.88 Å². The monoisotopic (exact) mass is 469 g/mol. The van der Waals surface area contributed by atoms with E-state index in [0.29, 0.717) is 23.1 Å². The van der Waals surface area contributed by atoms with Crippen LogP contribution >= 0.6 is 11.6 Å². The lowest BCUT2D eigenvalue weighted by Crippen LogP contribution is -2.23. The van der Waals surface area contributed by atoms with E-state index in [0.717, 1.165) is 27.6 Å². The van der Waals surface area contributed by atoms with Gasteiger partial charge in [-0.3, -0.25) is 4.79 Å². The molecule has 2 heterocycles. The molecule has 34 heavy (non-hydrogen) atoms. The fourth-order valence-corrected chi connectivity index (χ4v) is 4.07. The van der Waals surface area contributed by atoms with E-state index in [4.69, 9.17) is 21.1 Å². The maximum Gasteiger partial charge on any atom is 0.262 e. The Kier molecular flexibility index (Phi) is 5.94. The first-order valence-electron chi connectivity index (χ1n) is 10.7. The minimum Gasteiger partial charge on any atom is -0.454 e. The van der Waals surface area contributed by atoms with Crippen molar-refractivity contribution in [3.05, 3.63) is 100 Å². The number of hydrogen-bond donors (Lipinski definition) is 1. The zero-order valence-electron chi connectivity index (χ0n) is 18.1. The van der Waals surface area contributed by atoms with Crippen LogP contribution in [0.2, 0.25) is 5.02 Å². The highest BCUT2D eigenvalue weighted by Crippen LogP contribution is 2.32.